The van der Waals surface area contributed by atoms with Crippen LogP contribution in [0.4, 0.5) is 0 Å². The predicted octanol–water partition coefficient (Wildman–Crippen LogP) is 2.72. The molecule has 1 amide bonds. The van der Waals surface area contributed by atoms with Gasteiger partial charge in [-0.15, -0.1) is 11.3 Å². The second-order valence-electron chi connectivity index (χ2n) is 5.14. The number of hydrogen-bond acceptors (Lipinski definition) is 6. The highest BCUT2D eigenvalue weighted by molar-refractivity contribution is 7.12. The van der Waals surface area contributed by atoms with E-state index in [0.717, 1.165) is 0 Å². The molecule has 2 aromatic rings. The van der Waals surface area contributed by atoms with Gasteiger partial charge in [-0.3, -0.25) is 9.59 Å². The summed E-state index contributed by atoms with van der Waals surface area (Å²) in [5.41, 5.74) is 0.532. The molecule has 6 nitrogen and oxygen atoms in total. The number of aromatic hydroxyl groups is 1. The summed E-state index contributed by atoms with van der Waals surface area (Å²) in [5.74, 6) is -1.48. The van der Waals surface area contributed by atoms with Crippen LogP contribution in [-0.4, -0.2) is 28.5 Å². The molecule has 0 radical (unpaired) electrons. The van der Waals surface area contributed by atoms with Gasteiger partial charge in [0.25, 0.3) is 5.91 Å². The summed E-state index contributed by atoms with van der Waals surface area (Å²) in [7, 11) is 0. The highest BCUT2D eigenvalue weighted by Gasteiger charge is 2.38. The van der Waals surface area contributed by atoms with Gasteiger partial charge in [0, 0.05) is 0 Å². The lowest BCUT2D eigenvalue weighted by atomic mass is 9.96. The van der Waals surface area contributed by atoms with Crippen molar-refractivity contribution in [3.05, 3.63) is 57.5 Å². The second-order valence-corrected chi connectivity index (χ2v) is 6.08. The standard InChI is InChI=1S/C17H15NO5S/c1-2-23-11-8-9(5-6-10(11)19)14-13(16(21)17(22)18-14)15(20)12-4-3-7-24-12/h3-8,14,19,21H,2H2,1H3,(H,18,22)/t14-/m0/s1. The van der Waals surface area contributed by atoms with Gasteiger partial charge in [-0.1, -0.05) is 12.1 Å². The Kier molecular flexibility index (Phi) is 4.26. The van der Waals surface area contributed by atoms with Gasteiger partial charge < -0.3 is 20.3 Å². The van der Waals surface area contributed by atoms with Crippen LogP contribution in [0.2, 0.25) is 0 Å². The molecule has 0 saturated heterocycles. The number of hydrogen-bond donors (Lipinski definition) is 3. The average Bonchev–Trinajstić information content (AvgIpc) is 3.19. The number of phenols is 1. The summed E-state index contributed by atoms with van der Waals surface area (Å²) in [5, 5.41) is 24.2. The highest BCUT2D eigenvalue weighted by atomic mass is 32.1. The first kappa shape index (κ1) is 16.1. The van der Waals surface area contributed by atoms with Crippen LogP contribution >= 0.6 is 11.3 Å². The summed E-state index contributed by atoms with van der Waals surface area (Å²) in [6, 6.07) is 7.10. The molecule has 1 atom stereocenters. The van der Waals surface area contributed by atoms with E-state index in [1.54, 1.807) is 36.6 Å². The van der Waals surface area contributed by atoms with Gasteiger partial charge in [0.2, 0.25) is 5.78 Å². The van der Waals surface area contributed by atoms with Crippen LogP contribution < -0.4 is 10.1 Å². The quantitative estimate of drug-likeness (QED) is 0.724. The monoisotopic (exact) mass is 345 g/mol. The lowest BCUT2D eigenvalue weighted by Crippen LogP contribution is -2.23. The molecule has 124 valence electrons. The molecule has 3 rings (SSSR count). The summed E-state index contributed by atoms with van der Waals surface area (Å²) >= 11 is 1.23. The first-order valence-electron chi connectivity index (χ1n) is 7.30. The van der Waals surface area contributed by atoms with E-state index in [1.807, 2.05) is 0 Å². The molecule has 1 aromatic heterocycles. The third kappa shape index (κ3) is 2.74. The normalized spacial score (nSPS) is 17.0. The second kappa shape index (κ2) is 6.37. The van der Waals surface area contributed by atoms with Crippen LogP contribution in [0.3, 0.4) is 0 Å². The summed E-state index contributed by atoms with van der Waals surface area (Å²) in [6.45, 7) is 2.14. The Bertz CT molecular complexity index is 826. The molecular weight excluding hydrogens is 330 g/mol. The number of rotatable bonds is 5. The number of carbonyl (C=O) groups excluding carboxylic acids is 2. The van der Waals surface area contributed by atoms with Gasteiger partial charge in [0.1, 0.15) is 0 Å². The SMILES string of the molecule is CCOc1cc([C@@H]2NC(=O)C(O)=C2C(=O)c2cccs2)ccc1O. The number of benzene rings is 1. The molecule has 1 aromatic carbocycles. The Morgan fingerprint density at radius 1 is 1.33 bits per heavy atom. The number of ether oxygens (including phenoxy) is 1. The van der Waals surface area contributed by atoms with Crippen LogP contribution in [0.15, 0.2) is 47.0 Å². The lowest BCUT2D eigenvalue weighted by Gasteiger charge is -2.16. The fraction of sp³-hybridized carbons (Fsp3) is 0.176. The molecule has 0 saturated carbocycles. The summed E-state index contributed by atoms with van der Waals surface area (Å²) in [4.78, 5) is 24.9. The molecule has 0 spiro atoms. The van der Waals surface area contributed by atoms with E-state index in [9.17, 15) is 19.8 Å². The maximum Gasteiger partial charge on any atom is 0.287 e. The van der Waals surface area contributed by atoms with E-state index in [1.165, 1.54) is 17.4 Å². The lowest BCUT2D eigenvalue weighted by molar-refractivity contribution is -0.119. The van der Waals surface area contributed by atoms with Crippen molar-refractivity contribution in [3.63, 3.8) is 0 Å². The van der Waals surface area contributed by atoms with Crippen molar-refractivity contribution in [2.45, 2.75) is 13.0 Å². The van der Waals surface area contributed by atoms with E-state index in [0.29, 0.717) is 17.0 Å². The van der Waals surface area contributed by atoms with Crippen LogP contribution in [0.1, 0.15) is 28.2 Å². The van der Waals surface area contributed by atoms with Gasteiger partial charge in [-0.2, -0.15) is 0 Å². The van der Waals surface area contributed by atoms with E-state index in [4.69, 9.17) is 4.74 Å². The number of amides is 1. The number of phenolic OH excluding ortho intramolecular Hbond substituents is 1. The Morgan fingerprint density at radius 3 is 2.79 bits per heavy atom. The maximum atomic E-state index is 12.6. The zero-order valence-electron chi connectivity index (χ0n) is 12.8. The van der Waals surface area contributed by atoms with Crippen molar-refractivity contribution in [1.82, 2.24) is 5.32 Å². The Morgan fingerprint density at radius 2 is 2.12 bits per heavy atom. The zero-order chi connectivity index (χ0) is 17.3. The van der Waals surface area contributed by atoms with E-state index >= 15 is 0 Å². The van der Waals surface area contributed by atoms with Crippen molar-refractivity contribution in [2.75, 3.05) is 6.61 Å². The number of aliphatic hydroxyl groups is 1. The minimum absolute atomic E-state index is 0.00408. The molecule has 0 aliphatic carbocycles. The van der Waals surface area contributed by atoms with Gasteiger partial charge in [0.05, 0.1) is 23.1 Å². The molecule has 0 unspecified atom stereocenters. The van der Waals surface area contributed by atoms with Crippen LogP contribution in [0.5, 0.6) is 11.5 Å². The zero-order valence-corrected chi connectivity index (χ0v) is 13.6. The van der Waals surface area contributed by atoms with Gasteiger partial charge in [0.15, 0.2) is 17.3 Å². The van der Waals surface area contributed by atoms with Crippen LogP contribution in [0.25, 0.3) is 0 Å². The van der Waals surface area contributed by atoms with E-state index in [2.05, 4.69) is 5.32 Å². The predicted molar refractivity (Wildman–Crippen MR) is 88.5 cm³/mol. The van der Waals surface area contributed by atoms with Gasteiger partial charge in [-0.05, 0) is 36.1 Å². The Balaban J connectivity index is 2.03. The smallest absolute Gasteiger partial charge is 0.287 e. The topological polar surface area (TPSA) is 95.9 Å². The Labute approximate surface area is 142 Å². The van der Waals surface area contributed by atoms with E-state index in [-0.39, 0.29) is 17.1 Å². The van der Waals surface area contributed by atoms with E-state index < -0.39 is 23.5 Å². The fourth-order valence-electron chi connectivity index (χ4n) is 2.54. The average molecular weight is 345 g/mol. The van der Waals surface area contributed by atoms with Crippen molar-refractivity contribution in [2.24, 2.45) is 0 Å². The number of thiophene rings is 1. The van der Waals surface area contributed by atoms with Gasteiger partial charge in [-0.25, -0.2) is 0 Å². The number of nitrogens with one attached hydrogen (secondary N) is 1. The molecular formula is C17H15NO5S. The first-order valence-corrected chi connectivity index (χ1v) is 8.18. The largest absolute Gasteiger partial charge is 0.504 e. The van der Waals surface area contributed by atoms with Crippen molar-refractivity contribution < 1.29 is 24.5 Å². The fourth-order valence-corrected chi connectivity index (χ4v) is 3.22. The molecule has 7 heteroatoms. The first-order chi connectivity index (χ1) is 11.5. The molecule has 0 bridgehead atoms. The number of aliphatic hydroxyl groups excluding tert-OH is 1. The van der Waals surface area contributed by atoms with Crippen LogP contribution in [0, 0.1) is 0 Å². The molecule has 1 aliphatic heterocycles. The molecule has 0 fully saturated rings. The minimum Gasteiger partial charge on any atom is -0.504 e. The molecule has 24 heavy (non-hydrogen) atoms. The van der Waals surface area contributed by atoms with Gasteiger partial charge >= 0.3 is 0 Å². The van der Waals surface area contributed by atoms with Crippen molar-refractivity contribution in [1.29, 1.82) is 0 Å². The number of ketones is 1. The maximum absolute atomic E-state index is 12.6. The van der Waals surface area contributed by atoms with Crippen molar-refractivity contribution in [3.8, 4) is 11.5 Å². The summed E-state index contributed by atoms with van der Waals surface area (Å²) < 4.78 is 5.33. The third-order valence-corrected chi connectivity index (χ3v) is 4.51. The number of carbonyl (C=O) groups is 2. The minimum atomic E-state index is -0.799. The molecule has 3 N–H and O–H groups in total. The molecule has 2 heterocycles. The summed E-state index contributed by atoms with van der Waals surface area (Å²) in [6.07, 6.45) is 0. The van der Waals surface area contributed by atoms with Crippen molar-refractivity contribution >= 4 is 23.0 Å². The third-order valence-electron chi connectivity index (χ3n) is 3.64. The van der Waals surface area contributed by atoms with Crippen LogP contribution in [-0.2, 0) is 4.79 Å². The Hall–Kier alpha value is -2.80. The number of Topliss-reactive ketones (excluding diaryl/α,β-unsaturated/α-hetero) is 1. The molecule has 1 aliphatic rings. The highest BCUT2D eigenvalue weighted by Crippen LogP contribution is 2.36.